The second kappa shape index (κ2) is 9.73. The molecule has 0 aromatic carbocycles. The van der Waals surface area contributed by atoms with Gasteiger partial charge in [0.15, 0.2) is 0 Å². The third-order valence-electron chi connectivity index (χ3n) is 2.91. The number of unbranched alkanes of at least 4 members (excludes halogenated alkanes) is 1. The normalized spacial score (nSPS) is 11.3. The van der Waals surface area contributed by atoms with Crippen molar-refractivity contribution in [3.05, 3.63) is 16.1 Å². The van der Waals surface area contributed by atoms with Gasteiger partial charge in [-0.05, 0) is 32.4 Å². The Kier molecular flexibility index (Phi) is 8.59. The average Bonchev–Trinajstić information content (AvgIpc) is 2.86. The molecular formula is C13H23ClN2OS. The number of alkyl halides is 1. The van der Waals surface area contributed by atoms with Crippen molar-refractivity contribution >= 4 is 22.9 Å². The molecule has 1 rings (SSSR count). The number of aryl methyl sites for hydroxylation is 1. The summed E-state index contributed by atoms with van der Waals surface area (Å²) in [5, 5.41) is 3.27. The van der Waals surface area contributed by atoms with E-state index in [0.717, 1.165) is 38.4 Å². The summed E-state index contributed by atoms with van der Waals surface area (Å²) in [6.45, 7) is 6.29. The van der Waals surface area contributed by atoms with Crippen LogP contribution in [0.25, 0.3) is 0 Å². The maximum Gasteiger partial charge on any atom is 0.0928 e. The number of ether oxygens (including phenoxy) is 1. The molecule has 0 N–H and O–H groups in total. The Morgan fingerprint density at radius 3 is 2.83 bits per heavy atom. The van der Waals surface area contributed by atoms with Crippen LogP contribution in [0.1, 0.15) is 30.5 Å². The minimum atomic E-state index is 0.525. The van der Waals surface area contributed by atoms with Gasteiger partial charge in [-0.3, -0.25) is 0 Å². The average molecular weight is 291 g/mol. The van der Waals surface area contributed by atoms with Gasteiger partial charge in [0.05, 0.1) is 23.2 Å². The summed E-state index contributed by atoms with van der Waals surface area (Å²) in [4.78, 5) is 6.89. The smallest absolute Gasteiger partial charge is 0.0928 e. The highest BCUT2D eigenvalue weighted by molar-refractivity contribution is 7.09. The summed E-state index contributed by atoms with van der Waals surface area (Å²) in [6, 6.07) is 0. The molecule has 0 spiro atoms. The molecule has 0 fully saturated rings. The molecule has 1 heterocycles. The van der Waals surface area contributed by atoms with E-state index in [0.29, 0.717) is 5.88 Å². The quantitative estimate of drug-likeness (QED) is 0.489. The zero-order valence-corrected chi connectivity index (χ0v) is 12.9. The predicted octanol–water partition coefficient (Wildman–Crippen LogP) is 3.17. The van der Waals surface area contributed by atoms with Crippen LogP contribution in [0.3, 0.4) is 0 Å². The summed E-state index contributed by atoms with van der Waals surface area (Å²) in [7, 11) is 1.75. The molecule has 0 aliphatic heterocycles. The van der Waals surface area contributed by atoms with Crippen LogP contribution < -0.4 is 0 Å². The Bertz CT molecular complexity index is 320. The molecule has 3 nitrogen and oxygen atoms in total. The molecule has 0 aliphatic rings. The lowest BCUT2D eigenvalue weighted by molar-refractivity contribution is 0.150. The molecule has 0 aliphatic carbocycles. The molecule has 104 valence electrons. The summed E-state index contributed by atoms with van der Waals surface area (Å²) < 4.78 is 5.10. The number of likely N-dealkylation sites (N-methyl/N-ethyl adjacent to an activating group) is 1. The van der Waals surface area contributed by atoms with Crippen LogP contribution in [0.5, 0.6) is 0 Å². The van der Waals surface area contributed by atoms with Crippen molar-refractivity contribution < 1.29 is 4.74 Å². The Morgan fingerprint density at radius 1 is 1.39 bits per heavy atom. The zero-order chi connectivity index (χ0) is 13.2. The largest absolute Gasteiger partial charge is 0.383 e. The van der Waals surface area contributed by atoms with E-state index in [9.17, 15) is 0 Å². The van der Waals surface area contributed by atoms with Crippen molar-refractivity contribution in [3.63, 3.8) is 0 Å². The molecule has 1 aromatic heterocycles. The van der Waals surface area contributed by atoms with Crippen LogP contribution in [0.15, 0.2) is 5.38 Å². The zero-order valence-electron chi connectivity index (χ0n) is 11.3. The van der Waals surface area contributed by atoms with Gasteiger partial charge in [-0.25, -0.2) is 4.98 Å². The van der Waals surface area contributed by atoms with Gasteiger partial charge in [0.1, 0.15) is 0 Å². The topological polar surface area (TPSA) is 25.4 Å². The van der Waals surface area contributed by atoms with Crippen molar-refractivity contribution in [2.75, 3.05) is 33.4 Å². The van der Waals surface area contributed by atoms with Gasteiger partial charge in [-0.15, -0.1) is 22.9 Å². The number of methoxy groups -OCH3 is 1. The van der Waals surface area contributed by atoms with Gasteiger partial charge in [-0.2, -0.15) is 0 Å². The van der Waals surface area contributed by atoms with Crippen molar-refractivity contribution in [3.8, 4) is 0 Å². The van der Waals surface area contributed by atoms with Gasteiger partial charge >= 0.3 is 0 Å². The SMILES string of the molecule is CCN(CCCCc1nc(CCl)cs1)CCOC. The van der Waals surface area contributed by atoms with Gasteiger partial charge in [0.25, 0.3) is 0 Å². The van der Waals surface area contributed by atoms with E-state index >= 15 is 0 Å². The number of hydrogen-bond donors (Lipinski definition) is 0. The summed E-state index contributed by atoms with van der Waals surface area (Å²) in [5.41, 5.74) is 1.01. The first-order valence-electron chi connectivity index (χ1n) is 6.50. The summed E-state index contributed by atoms with van der Waals surface area (Å²) in [6.07, 6.45) is 3.48. The number of rotatable bonds is 10. The van der Waals surface area contributed by atoms with E-state index in [1.165, 1.54) is 17.8 Å². The maximum absolute atomic E-state index is 5.74. The molecule has 0 amide bonds. The van der Waals surface area contributed by atoms with Crippen LogP contribution in [0.2, 0.25) is 0 Å². The third kappa shape index (κ3) is 6.14. The first-order valence-corrected chi connectivity index (χ1v) is 7.92. The summed E-state index contributed by atoms with van der Waals surface area (Å²) in [5.74, 6) is 0.525. The number of halogens is 1. The van der Waals surface area contributed by atoms with Crippen molar-refractivity contribution in [1.29, 1.82) is 0 Å². The van der Waals surface area contributed by atoms with Crippen molar-refractivity contribution in [2.45, 2.75) is 32.1 Å². The Balaban J connectivity index is 2.13. The van der Waals surface area contributed by atoms with Gasteiger partial charge < -0.3 is 9.64 Å². The van der Waals surface area contributed by atoms with E-state index in [2.05, 4.69) is 22.2 Å². The number of thiazole rings is 1. The molecule has 0 saturated heterocycles. The number of hydrogen-bond acceptors (Lipinski definition) is 4. The van der Waals surface area contributed by atoms with Gasteiger partial charge in [0.2, 0.25) is 0 Å². The molecule has 0 radical (unpaired) electrons. The predicted molar refractivity (Wildman–Crippen MR) is 78.6 cm³/mol. The van der Waals surface area contributed by atoms with Crippen LogP contribution in [-0.2, 0) is 17.0 Å². The van der Waals surface area contributed by atoms with Crippen LogP contribution in [0.4, 0.5) is 0 Å². The van der Waals surface area contributed by atoms with E-state index in [1.54, 1.807) is 18.4 Å². The fourth-order valence-corrected chi connectivity index (χ4v) is 2.85. The maximum atomic E-state index is 5.74. The summed E-state index contributed by atoms with van der Waals surface area (Å²) >= 11 is 7.46. The lowest BCUT2D eigenvalue weighted by Gasteiger charge is -2.19. The second-order valence-corrected chi connectivity index (χ2v) is 5.46. The van der Waals surface area contributed by atoms with Crippen LogP contribution >= 0.6 is 22.9 Å². The Labute approximate surface area is 119 Å². The molecule has 0 atom stereocenters. The first-order chi connectivity index (χ1) is 8.80. The molecule has 0 unspecified atom stereocenters. The monoisotopic (exact) mass is 290 g/mol. The minimum Gasteiger partial charge on any atom is -0.383 e. The highest BCUT2D eigenvalue weighted by Crippen LogP contribution is 2.14. The lowest BCUT2D eigenvalue weighted by atomic mass is 10.2. The Hall–Kier alpha value is -0.160. The van der Waals surface area contributed by atoms with Crippen molar-refractivity contribution in [2.24, 2.45) is 0 Å². The lowest BCUT2D eigenvalue weighted by Crippen LogP contribution is -2.28. The van der Waals surface area contributed by atoms with Gasteiger partial charge in [-0.1, -0.05) is 6.92 Å². The van der Waals surface area contributed by atoms with E-state index in [1.807, 2.05) is 0 Å². The second-order valence-electron chi connectivity index (χ2n) is 4.25. The molecular weight excluding hydrogens is 268 g/mol. The van der Waals surface area contributed by atoms with E-state index < -0.39 is 0 Å². The van der Waals surface area contributed by atoms with E-state index in [-0.39, 0.29) is 0 Å². The van der Waals surface area contributed by atoms with E-state index in [4.69, 9.17) is 16.3 Å². The minimum absolute atomic E-state index is 0.525. The van der Waals surface area contributed by atoms with Gasteiger partial charge in [0, 0.05) is 19.0 Å². The van der Waals surface area contributed by atoms with Crippen LogP contribution in [0, 0.1) is 0 Å². The molecule has 0 bridgehead atoms. The highest BCUT2D eigenvalue weighted by Gasteiger charge is 2.03. The number of nitrogens with zero attached hydrogens (tertiary/aromatic N) is 2. The molecule has 5 heteroatoms. The molecule has 0 saturated carbocycles. The first kappa shape index (κ1) is 15.9. The Morgan fingerprint density at radius 2 is 2.22 bits per heavy atom. The standard InChI is InChI=1S/C13H23ClN2OS/c1-3-16(8-9-17-2)7-5-4-6-13-15-12(10-14)11-18-13/h11H,3-10H2,1-2H3. The van der Waals surface area contributed by atoms with Crippen LogP contribution in [-0.4, -0.2) is 43.2 Å². The van der Waals surface area contributed by atoms with Crippen molar-refractivity contribution in [1.82, 2.24) is 9.88 Å². The third-order valence-corrected chi connectivity index (χ3v) is 4.14. The fraction of sp³-hybridized carbons (Fsp3) is 0.769. The molecule has 18 heavy (non-hydrogen) atoms. The highest BCUT2D eigenvalue weighted by atomic mass is 35.5. The fourth-order valence-electron chi connectivity index (χ4n) is 1.79. The molecule has 1 aromatic rings. The number of aromatic nitrogens is 1.